The topological polar surface area (TPSA) is 9.23 Å². The SMILES string of the molecule is C(SSOSSCC1CS1)C1CS1. The van der Waals surface area contributed by atoms with Crippen LogP contribution in [0.2, 0.25) is 0 Å². The molecule has 0 N–H and O–H groups in total. The first-order valence-electron chi connectivity index (χ1n) is 3.93. The lowest BCUT2D eigenvalue weighted by atomic mass is 10.6. The summed E-state index contributed by atoms with van der Waals surface area (Å²) < 4.78 is 5.33. The van der Waals surface area contributed by atoms with Gasteiger partial charge in [0.25, 0.3) is 0 Å². The largest absolute Gasteiger partial charge is 0.224 e. The molecule has 2 atom stereocenters. The predicted molar refractivity (Wildman–Crippen MR) is 73.7 cm³/mol. The fourth-order valence-electron chi connectivity index (χ4n) is 0.586. The molecule has 2 unspecified atom stereocenters. The van der Waals surface area contributed by atoms with Crippen LogP contribution >= 0.6 is 67.3 Å². The standard InChI is InChI=1S/C6H10OS6/c1-5(8-1)3-10-12-7-13-11-4-6-2-9-6/h5-6H,1-4H2. The third-order valence-corrected chi connectivity index (χ3v) is 7.94. The molecule has 0 radical (unpaired) electrons. The van der Waals surface area contributed by atoms with Crippen LogP contribution in [-0.4, -0.2) is 33.5 Å². The summed E-state index contributed by atoms with van der Waals surface area (Å²) in [6.07, 6.45) is 0. The molecule has 7 heteroatoms. The molecule has 0 aliphatic carbocycles. The molecular weight excluding hydrogens is 280 g/mol. The van der Waals surface area contributed by atoms with Gasteiger partial charge >= 0.3 is 0 Å². The molecule has 2 fully saturated rings. The lowest BCUT2D eigenvalue weighted by Gasteiger charge is -1.97. The average Bonchev–Trinajstić information content (AvgIpc) is 2.99. The van der Waals surface area contributed by atoms with Gasteiger partial charge in [0, 0.05) is 33.5 Å². The van der Waals surface area contributed by atoms with Crippen molar-refractivity contribution < 1.29 is 3.63 Å². The molecule has 0 spiro atoms. The molecule has 1 nitrogen and oxygen atoms in total. The van der Waals surface area contributed by atoms with Gasteiger partial charge in [0.2, 0.25) is 0 Å². The second-order valence-corrected chi connectivity index (χ2v) is 9.54. The Morgan fingerprint density at radius 2 is 1.46 bits per heavy atom. The van der Waals surface area contributed by atoms with E-state index in [9.17, 15) is 0 Å². The maximum absolute atomic E-state index is 5.33. The van der Waals surface area contributed by atoms with Crippen LogP contribution in [0.1, 0.15) is 0 Å². The van der Waals surface area contributed by atoms with E-state index in [2.05, 4.69) is 0 Å². The van der Waals surface area contributed by atoms with Crippen molar-refractivity contribution >= 4 is 67.3 Å². The molecule has 2 aliphatic heterocycles. The number of thioether (sulfide) groups is 2. The van der Waals surface area contributed by atoms with Crippen LogP contribution in [-0.2, 0) is 3.63 Å². The smallest absolute Gasteiger partial charge is 0.0788 e. The quantitative estimate of drug-likeness (QED) is 0.287. The van der Waals surface area contributed by atoms with Gasteiger partial charge in [-0.05, 0) is 0 Å². The third-order valence-electron chi connectivity index (χ3n) is 1.46. The van der Waals surface area contributed by atoms with E-state index in [-0.39, 0.29) is 0 Å². The molecule has 13 heavy (non-hydrogen) atoms. The third kappa shape index (κ3) is 6.27. The Labute approximate surface area is 104 Å². The zero-order valence-corrected chi connectivity index (χ0v) is 11.7. The summed E-state index contributed by atoms with van der Waals surface area (Å²) in [5.74, 6) is 5.18. The van der Waals surface area contributed by atoms with Gasteiger partial charge in [-0.15, -0.1) is 0 Å². The van der Waals surface area contributed by atoms with E-state index < -0.39 is 0 Å². The summed E-state index contributed by atoms with van der Waals surface area (Å²) in [7, 11) is 3.67. The summed E-state index contributed by atoms with van der Waals surface area (Å²) >= 11 is 7.15. The highest BCUT2D eigenvalue weighted by Gasteiger charge is 2.23. The van der Waals surface area contributed by atoms with Crippen LogP contribution in [0.15, 0.2) is 0 Å². The van der Waals surface area contributed by atoms with E-state index in [4.69, 9.17) is 3.63 Å². The van der Waals surface area contributed by atoms with Crippen LogP contribution in [0, 0.1) is 0 Å². The van der Waals surface area contributed by atoms with Crippen LogP contribution in [0.4, 0.5) is 0 Å². The molecule has 2 heterocycles. The fourth-order valence-corrected chi connectivity index (χ4v) is 6.99. The predicted octanol–water partition coefficient (Wildman–Crippen LogP) is 3.83. The second kappa shape index (κ2) is 6.60. The van der Waals surface area contributed by atoms with Gasteiger partial charge < -0.3 is 0 Å². The van der Waals surface area contributed by atoms with Crippen molar-refractivity contribution in [3.8, 4) is 0 Å². The maximum Gasteiger partial charge on any atom is 0.0788 e. The van der Waals surface area contributed by atoms with Crippen molar-refractivity contribution in [3.63, 3.8) is 0 Å². The van der Waals surface area contributed by atoms with E-state index in [0.717, 1.165) is 10.5 Å². The van der Waals surface area contributed by atoms with Gasteiger partial charge in [-0.3, -0.25) is 0 Å². The van der Waals surface area contributed by atoms with Gasteiger partial charge in [0.05, 0.1) is 22.1 Å². The summed E-state index contributed by atoms with van der Waals surface area (Å²) in [4.78, 5) is 0. The van der Waals surface area contributed by atoms with Gasteiger partial charge in [-0.1, -0.05) is 21.6 Å². The Morgan fingerprint density at radius 3 is 1.85 bits per heavy atom. The van der Waals surface area contributed by atoms with Crippen molar-refractivity contribution in [2.75, 3.05) is 23.0 Å². The van der Waals surface area contributed by atoms with Gasteiger partial charge in [-0.2, -0.15) is 23.5 Å². The number of rotatable bonds is 8. The number of hydrogen-bond donors (Lipinski definition) is 0. The van der Waals surface area contributed by atoms with E-state index in [0.29, 0.717) is 0 Å². The Morgan fingerprint density at radius 1 is 1.00 bits per heavy atom. The first-order valence-corrected chi connectivity index (χ1v) is 10.5. The van der Waals surface area contributed by atoms with Gasteiger partial charge in [0.15, 0.2) is 0 Å². The van der Waals surface area contributed by atoms with E-state index >= 15 is 0 Å². The summed E-state index contributed by atoms with van der Waals surface area (Å²) in [6, 6.07) is 0. The first kappa shape index (κ1) is 11.5. The monoisotopic (exact) mass is 290 g/mol. The van der Waals surface area contributed by atoms with Crippen molar-refractivity contribution in [2.45, 2.75) is 10.5 Å². The average molecular weight is 291 g/mol. The Kier molecular flexibility index (Phi) is 5.86. The Hall–Kier alpha value is 2.06. The molecule has 2 rings (SSSR count). The van der Waals surface area contributed by atoms with E-state index in [1.54, 1.807) is 0 Å². The molecule has 0 aromatic rings. The van der Waals surface area contributed by atoms with Gasteiger partial charge in [-0.25, -0.2) is 3.63 Å². The zero-order chi connectivity index (χ0) is 8.93. The minimum atomic E-state index is 0.918. The number of hydrogen-bond acceptors (Lipinski definition) is 7. The Bertz CT molecular complexity index is 132. The molecule has 2 aliphatic rings. The lowest BCUT2D eigenvalue weighted by molar-refractivity contribution is 0.784. The highest BCUT2D eigenvalue weighted by Crippen LogP contribution is 2.42. The highest BCUT2D eigenvalue weighted by molar-refractivity contribution is 8.81. The van der Waals surface area contributed by atoms with Crippen LogP contribution in [0.25, 0.3) is 0 Å². The van der Waals surface area contributed by atoms with E-state index in [1.165, 1.54) is 45.2 Å². The van der Waals surface area contributed by atoms with E-state index in [1.807, 2.05) is 45.1 Å². The Balaban J connectivity index is 1.28. The van der Waals surface area contributed by atoms with Crippen molar-refractivity contribution in [3.05, 3.63) is 0 Å². The second-order valence-electron chi connectivity index (χ2n) is 2.68. The molecule has 0 aromatic carbocycles. The summed E-state index contributed by atoms with van der Waals surface area (Å²) in [6.45, 7) is 0. The molecular formula is C6H10OS6. The molecule has 0 saturated carbocycles. The fraction of sp³-hybridized carbons (Fsp3) is 1.00. The van der Waals surface area contributed by atoms with Crippen LogP contribution < -0.4 is 0 Å². The van der Waals surface area contributed by atoms with Crippen LogP contribution in [0.3, 0.4) is 0 Å². The summed E-state index contributed by atoms with van der Waals surface area (Å²) in [5.41, 5.74) is 0. The minimum Gasteiger partial charge on any atom is -0.224 e. The molecule has 0 bridgehead atoms. The van der Waals surface area contributed by atoms with Crippen molar-refractivity contribution in [1.82, 2.24) is 0 Å². The van der Waals surface area contributed by atoms with Crippen molar-refractivity contribution in [2.24, 2.45) is 0 Å². The van der Waals surface area contributed by atoms with Gasteiger partial charge in [0.1, 0.15) is 0 Å². The minimum absolute atomic E-state index is 0.918. The highest BCUT2D eigenvalue weighted by atomic mass is 33.2. The molecule has 0 amide bonds. The molecule has 2 saturated heterocycles. The zero-order valence-electron chi connectivity index (χ0n) is 6.84. The van der Waals surface area contributed by atoms with Crippen LogP contribution in [0.5, 0.6) is 0 Å². The maximum atomic E-state index is 5.33. The summed E-state index contributed by atoms with van der Waals surface area (Å²) in [5, 5.41) is 1.84. The van der Waals surface area contributed by atoms with Crippen molar-refractivity contribution in [1.29, 1.82) is 0 Å². The first-order chi connectivity index (χ1) is 6.45. The normalized spacial score (nSPS) is 30.5. The lowest BCUT2D eigenvalue weighted by Crippen LogP contribution is -1.84. The molecule has 0 aromatic heterocycles. The molecule has 76 valence electrons.